The summed E-state index contributed by atoms with van der Waals surface area (Å²) in [4.78, 5) is 14.1. The second kappa shape index (κ2) is 6.17. The van der Waals surface area contributed by atoms with Crippen LogP contribution in [0.25, 0.3) is 0 Å². The van der Waals surface area contributed by atoms with Gasteiger partial charge in [-0.25, -0.2) is 0 Å². The van der Waals surface area contributed by atoms with Crippen LogP contribution in [0.4, 0.5) is 0 Å². The SMILES string of the molecule is CC1CN(C(=O)[C@@H](N)Cc2ccccc2)CCC1O. The number of carbonyl (C=O) groups excluding carboxylic acids is 1. The normalized spacial score (nSPS) is 25.1. The average molecular weight is 262 g/mol. The number of aliphatic hydroxyl groups is 1. The lowest BCUT2D eigenvalue weighted by molar-refractivity contribution is -0.136. The van der Waals surface area contributed by atoms with E-state index in [0.717, 1.165) is 5.56 Å². The van der Waals surface area contributed by atoms with Crippen molar-refractivity contribution in [2.24, 2.45) is 11.7 Å². The Bertz CT molecular complexity index is 421. The van der Waals surface area contributed by atoms with Gasteiger partial charge in [-0.2, -0.15) is 0 Å². The first-order valence-corrected chi connectivity index (χ1v) is 6.84. The van der Waals surface area contributed by atoms with Crippen molar-refractivity contribution < 1.29 is 9.90 Å². The van der Waals surface area contributed by atoms with E-state index in [9.17, 15) is 9.90 Å². The van der Waals surface area contributed by atoms with Gasteiger partial charge >= 0.3 is 0 Å². The van der Waals surface area contributed by atoms with E-state index in [1.807, 2.05) is 37.3 Å². The summed E-state index contributed by atoms with van der Waals surface area (Å²) in [6.45, 7) is 3.17. The maximum Gasteiger partial charge on any atom is 0.239 e. The highest BCUT2D eigenvalue weighted by Crippen LogP contribution is 2.17. The van der Waals surface area contributed by atoms with Crippen LogP contribution in [-0.4, -0.2) is 41.1 Å². The van der Waals surface area contributed by atoms with Crippen LogP contribution >= 0.6 is 0 Å². The zero-order chi connectivity index (χ0) is 13.8. The Morgan fingerprint density at radius 3 is 2.79 bits per heavy atom. The molecule has 4 nitrogen and oxygen atoms in total. The molecule has 0 aliphatic carbocycles. The number of hydrogen-bond acceptors (Lipinski definition) is 3. The van der Waals surface area contributed by atoms with Crippen LogP contribution in [0.2, 0.25) is 0 Å². The van der Waals surface area contributed by atoms with Gasteiger partial charge in [-0.1, -0.05) is 37.3 Å². The van der Waals surface area contributed by atoms with E-state index >= 15 is 0 Å². The topological polar surface area (TPSA) is 66.6 Å². The summed E-state index contributed by atoms with van der Waals surface area (Å²) < 4.78 is 0. The van der Waals surface area contributed by atoms with E-state index in [-0.39, 0.29) is 17.9 Å². The lowest BCUT2D eigenvalue weighted by atomic mass is 9.95. The van der Waals surface area contributed by atoms with E-state index in [0.29, 0.717) is 25.9 Å². The fraction of sp³-hybridized carbons (Fsp3) is 0.533. The van der Waals surface area contributed by atoms with Crippen LogP contribution in [-0.2, 0) is 11.2 Å². The zero-order valence-corrected chi connectivity index (χ0v) is 11.3. The Hall–Kier alpha value is -1.39. The predicted octanol–water partition coefficient (Wildman–Crippen LogP) is 0.786. The largest absolute Gasteiger partial charge is 0.393 e. The van der Waals surface area contributed by atoms with Gasteiger partial charge in [0.05, 0.1) is 12.1 Å². The molecule has 3 N–H and O–H groups in total. The lowest BCUT2D eigenvalue weighted by Gasteiger charge is -2.35. The molecular weight excluding hydrogens is 240 g/mol. The monoisotopic (exact) mass is 262 g/mol. The van der Waals surface area contributed by atoms with Crippen LogP contribution in [0.1, 0.15) is 18.9 Å². The molecule has 1 aliphatic heterocycles. The van der Waals surface area contributed by atoms with Gasteiger partial charge in [0.2, 0.25) is 5.91 Å². The third-order valence-electron chi connectivity index (χ3n) is 3.79. The molecular formula is C15H22N2O2. The molecule has 0 aromatic heterocycles. The van der Waals surface area contributed by atoms with Crippen molar-refractivity contribution >= 4 is 5.91 Å². The smallest absolute Gasteiger partial charge is 0.239 e. The third kappa shape index (κ3) is 3.55. The quantitative estimate of drug-likeness (QED) is 0.846. The molecule has 2 rings (SSSR count). The van der Waals surface area contributed by atoms with Crippen molar-refractivity contribution in [3.63, 3.8) is 0 Å². The van der Waals surface area contributed by atoms with Crippen molar-refractivity contribution in [2.75, 3.05) is 13.1 Å². The Kier molecular flexibility index (Phi) is 4.56. The minimum absolute atomic E-state index is 0.0115. The predicted molar refractivity (Wildman–Crippen MR) is 74.5 cm³/mol. The number of amides is 1. The second-order valence-electron chi connectivity index (χ2n) is 5.41. The number of benzene rings is 1. The molecule has 1 saturated heterocycles. The summed E-state index contributed by atoms with van der Waals surface area (Å²) in [6.07, 6.45) is 0.910. The number of piperidine rings is 1. The first-order chi connectivity index (χ1) is 9.08. The van der Waals surface area contributed by atoms with Gasteiger partial charge in [0.1, 0.15) is 0 Å². The molecule has 19 heavy (non-hydrogen) atoms. The van der Waals surface area contributed by atoms with Crippen molar-refractivity contribution in [2.45, 2.75) is 31.9 Å². The molecule has 104 valence electrons. The average Bonchev–Trinajstić information content (AvgIpc) is 2.42. The molecule has 1 aromatic carbocycles. The van der Waals surface area contributed by atoms with Gasteiger partial charge in [-0.15, -0.1) is 0 Å². The Balaban J connectivity index is 1.92. The molecule has 1 fully saturated rings. The van der Waals surface area contributed by atoms with Crippen LogP contribution in [0.5, 0.6) is 0 Å². The number of nitrogens with zero attached hydrogens (tertiary/aromatic N) is 1. The van der Waals surface area contributed by atoms with Gasteiger partial charge in [0.15, 0.2) is 0 Å². The molecule has 0 bridgehead atoms. The van der Waals surface area contributed by atoms with Gasteiger partial charge in [0.25, 0.3) is 0 Å². The van der Waals surface area contributed by atoms with Crippen LogP contribution < -0.4 is 5.73 Å². The minimum atomic E-state index is -0.496. The molecule has 1 aliphatic rings. The Morgan fingerprint density at radius 2 is 2.16 bits per heavy atom. The van der Waals surface area contributed by atoms with Crippen LogP contribution in [0.3, 0.4) is 0 Å². The summed E-state index contributed by atoms with van der Waals surface area (Å²) in [5.74, 6) is 0.115. The van der Waals surface area contributed by atoms with Crippen molar-refractivity contribution in [3.05, 3.63) is 35.9 Å². The van der Waals surface area contributed by atoms with Crippen LogP contribution in [0, 0.1) is 5.92 Å². The van der Waals surface area contributed by atoms with E-state index in [1.54, 1.807) is 4.90 Å². The molecule has 0 radical (unpaired) electrons. The number of likely N-dealkylation sites (tertiary alicyclic amines) is 1. The maximum atomic E-state index is 12.3. The Morgan fingerprint density at radius 1 is 1.47 bits per heavy atom. The van der Waals surface area contributed by atoms with E-state index in [1.165, 1.54) is 0 Å². The zero-order valence-electron chi connectivity index (χ0n) is 11.3. The summed E-state index contributed by atoms with van der Waals surface area (Å²) >= 11 is 0. The number of nitrogens with two attached hydrogens (primary N) is 1. The molecule has 0 spiro atoms. The highest BCUT2D eigenvalue weighted by atomic mass is 16.3. The highest BCUT2D eigenvalue weighted by molar-refractivity contribution is 5.82. The number of carbonyl (C=O) groups is 1. The van der Waals surface area contributed by atoms with E-state index < -0.39 is 6.04 Å². The van der Waals surface area contributed by atoms with Crippen LogP contribution in [0.15, 0.2) is 30.3 Å². The second-order valence-corrected chi connectivity index (χ2v) is 5.41. The fourth-order valence-electron chi connectivity index (χ4n) is 2.52. The number of rotatable bonds is 3. The Labute approximate surface area is 114 Å². The number of aliphatic hydroxyl groups excluding tert-OH is 1. The summed E-state index contributed by atoms with van der Waals surface area (Å²) in [5, 5.41) is 9.68. The summed E-state index contributed by atoms with van der Waals surface area (Å²) in [6, 6.07) is 9.32. The molecule has 3 atom stereocenters. The molecule has 0 saturated carbocycles. The fourth-order valence-corrected chi connectivity index (χ4v) is 2.52. The summed E-state index contributed by atoms with van der Waals surface area (Å²) in [7, 11) is 0. The summed E-state index contributed by atoms with van der Waals surface area (Å²) in [5.41, 5.74) is 7.08. The van der Waals surface area contributed by atoms with Gasteiger partial charge in [-0.3, -0.25) is 4.79 Å². The van der Waals surface area contributed by atoms with E-state index in [2.05, 4.69) is 0 Å². The maximum absolute atomic E-state index is 12.3. The number of hydrogen-bond donors (Lipinski definition) is 2. The molecule has 1 amide bonds. The lowest BCUT2D eigenvalue weighted by Crippen LogP contribution is -2.51. The molecule has 4 heteroatoms. The minimum Gasteiger partial charge on any atom is -0.393 e. The highest BCUT2D eigenvalue weighted by Gasteiger charge is 2.29. The van der Waals surface area contributed by atoms with Crippen molar-refractivity contribution in [3.8, 4) is 0 Å². The van der Waals surface area contributed by atoms with Gasteiger partial charge in [0, 0.05) is 13.1 Å². The third-order valence-corrected chi connectivity index (χ3v) is 3.79. The first-order valence-electron chi connectivity index (χ1n) is 6.84. The first kappa shape index (κ1) is 14.0. The van der Waals surface area contributed by atoms with Gasteiger partial charge in [-0.05, 0) is 24.3 Å². The molecule has 2 unspecified atom stereocenters. The van der Waals surface area contributed by atoms with E-state index in [4.69, 9.17) is 5.73 Å². The standard InChI is InChI=1S/C15H22N2O2/c1-11-10-17(8-7-14(11)18)15(19)13(16)9-12-5-3-2-4-6-12/h2-6,11,13-14,18H,7-10,16H2,1H3/t11?,13-,14?/m0/s1. The molecule has 1 aromatic rings. The molecule has 1 heterocycles. The van der Waals surface area contributed by atoms with Gasteiger partial charge < -0.3 is 15.7 Å². The van der Waals surface area contributed by atoms with Crippen molar-refractivity contribution in [1.29, 1.82) is 0 Å². The van der Waals surface area contributed by atoms with Crippen molar-refractivity contribution in [1.82, 2.24) is 4.90 Å².